The van der Waals surface area contributed by atoms with E-state index < -0.39 is 0 Å². The smallest absolute Gasteiger partial charge is 0.251 e. The number of amides is 1. The van der Waals surface area contributed by atoms with Crippen LogP contribution < -0.4 is 10.1 Å². The predicted octanol–water partition coefficient (Wildman–Crippen LogP) is 7.96. The Balaban J connectivity index is 1.32. The Morgan fingerprint density at radius 3 is 2.35 bits per heavy atom. The molecule has 0 saturated heterocycles. The molecule has 0 spiro atoms. The van der Waals surface area contributed by atoms with Gasteiger partial charge in [-0.15, -0.1) is 0 Å². The lowest BCUT2D eigenvalue weighted by Gasteiger charge is -2.22. The van der Waals surface area contributed by atoms with E-state index in [1.165, 1.54) is 37.7 Å². The Labute approximate surface area is 223 Å². The van der Waals surface area contributed by atoms with Gasteiger partial charge in [-0.05, 0) is 95.1 Å². The normalized spacial score (nSPS) is 13.8. The van der Waals surface area contributed by atoms with Gasteiger partial charge in [0.05, 0.1) is 0 Å². The lowest BCUT2D eigenvalue weighted by Crippen LogP contribution is -2.23. The number of hydrogen-bond donors (Lipinski definition) is 1. The third-order valence-corrected chi connectivity index (χ3v) is 7.33. The molecule has 0 atom stereocenters. The molecule has 5 heteroatoms. The van der Waals surface area contributed by atoms with Crippen LogP contribution in [0.2, 0.25) is 5.02 Å². The van der Waals surface area contributed by atoms with Gasteiger partial charge in [0.2, 0.25) is 0 Å². The van der Waals surface area contributed by atoms with E-state index in [4.69, 9.17) is 16.3 Å². The second-order valence-corrected chi connectivity index (χ2v) is 10.0. The molecular weight excluding hydrogens is 480 g/mol. The molecule has 1 aliphatic rings. The average Bonchev–Trinajstić information content (AvgIpc) is 2.96. The van der Waals surface area contributed by atoms with Gasteiger partial charge in [-0.1, -0.05) is 61.2 Å². The molecule has 1 aromatic heterocycles. The molecule has 0 radical (unpaired) electrons. The molecule has 1 N–H and O–H groups in total. The summed E-state index contributed by atoms with van der Waals surface area (Å²) in [6, 6.07) is 25.8. The predicted molar refractivity (Wildman–Crippen MR) is 149 cm³/mol. The molecule has 1 amide bonds. The zero-order valence-electron chi connectivity index (χ0n) is 20.8. The van der Waals surface area contributed by atoms with Crippen LogP contribution >= 0.6 is 11.6 Å². The van der Waals surface area contributed by atoms with Gasteiger partial charge in [-0.3, -0.25) is 9.78 Å². The van der Waals surface area contributed by atoms with Crippen molar-refractivity contribution < 1.29 is 9.53 Å². The number of halogens is 1. The summed E-state index contributed by atoms with van der Waals surface area (Å²) in [5, 5.41) is 3.67. The van der Waals surface area contributed by atoms with Crippen molar-refractivity contribution in [1.82, 2.24) is 10.3 Å². The Morgan fingerprint density at radius 1 is 0.892 bits per heavy atom. The van der Waals surface area contributed by atoms with Crippen molar-refractivity contribution in [3.63, 3.8) is 0 Å². The fourth-order valence-corrected chi connectivity index (χ4v) is 5.09. The standard InChI is InChI=1S/C32H31ClN2O2/c33-29-12-8-26(9-13-29)31-20-27(32(36)35-21-23-16-18-34-19-17-23)6-7-28(31)22-37-30-14-10-25(11-15-30)24-4-2-1-3-5-24/h6-20,24H,1-5,21-22H2,(H,35,36). The largest absolute Gasteiger partial charge is 0.489 e. The topological polar surface area (TPSA) is 51.2 Å². The molecule has 1 heterocycles. The quantitative estimate of drug-likeness (QED) is 0.261. The first-order valence-electron chi connectivity index (χ1n) is 12.9. The maximum absolute atomic E-state index is 12.9. The van der Waals surface area contributed by atoms with Crippen LogP contribution in [0.25, 0.3) is 11.1 Å². The van der Waals surface area contributed by atoms with E-state index in [1.54, 1.807) is 12.4 Å². The van der Waals surface area contributed by atoms with Gasteiger partial charge in [-0.25, -0.2) is 0 Å². The number of rotatable bonds is 8. The minimum Gasteiger partial charge on any atom is -0.489 e. The maximum Gasteiger partial charge on any atom is 0.251 e. The Hall–Kier alpha value is -3.63. The molecule has 5 rings (SSSR count). The molecular formula is C32H31ClN2O2. The van der Waals surface area contributed by atoms with Gasteiger partial charge in [0.25, 0.3) is 5.91 Å². The summed E-state index contributed by atoms with van der Waals surface area (Å²) in [6.07, 6.45) is 10.0. The SMILES string of the molecule is O=C(NCc1ccncc1)c1ccc(COc2ccc(C3CCCCC3)cc2)c(-c2ccc(Cl)cc2)c1. The van der Waals surface area contributed by atoms with Crippen LogP contribution in [0, 0.1) is 0 Å². The van der Waals surface area contributed by atoms with Crippen molar-refractivity contribution >= 4 is 17.5 Å². The van der Waals surface area contributed by atoms with Crippen molar-refractivity contribution in [3.05, 3.63) is 119 Å². The van der Waals surface area contributed by atoms with Crippen LogP contribution in [0.4, 0.5) is 0 Å². The minimum atomic E-state index is -0.127. The lowest BCUT2D eigenvalue weighted by atomic mass is 9.84. The van der Waals surface area contributed by atoms with Gasteiger partial charge in [-0.2, -0.15) is 0 Å². The van der Waals surface area contributed by atoms with Crippen LogP contribution in [-0.4, -0.2) is 10.9 Å². The highest BCUT2D eigenvalue weighted by molar-refractivity contribution is 6.30. The lowest BCUT2D eigenvalue weighted by molar-refractivity contribution is 0.0951. The van der Waals surface area contributed by atoms with E-state index in [2.05, 4.69) is 34.6 Å². The first kappa shape index (κ1) is 25.0. The van der Waals surface area contributed by atoms with Crippen LogP contribution in [0.15, 0.2) is 91.3 Å². The monoisotopic (exact) mass is 510 g/mol. The van der Waals surface area contributed by atoms with Gasteiger partial charge in [0, 0.05) is 29.5 Å². The van der Waals surface area contributed by atoms with Gasteiger partial charge >= 0.3 is 0 Å². The van der Waals surface area contributed by atoms with Crippen molar-refractivity contribution in [1.29, 1.82) is 0 Å². The number of hydrogen-bond acceptors (Lipinski definition) is 3. The van der Waals surface area contributed by atoms with Gasteiger partial charge < -0.3 is 10.1 Å². The summed E-state index contributed by atoms with van der Waals surface area (Å²) in [6.45, 7) is 0.846. The maximum atomic E-state index is 12.9. The van der Waals surface area contributed by atoms with Gasteiger partial charge in [0.1, 0.15) is 12.4 Å². The highest BCUT2D eigenvalue weighted by Crippen LogP contribution is 2.33. The molecule has 4 nitrogen and oxygen atoms in total. The fraction of sp³-hybridized carbons (Fsp3) is 0.250. The molecule has 188 valence electrons. The van der Waals surface area contributed by atoms with E-state index in [0.717, 1.165) is 28.0 Å². The number of pyridine rings is 1. The Morgan fingerprint density at radius 2 is 1.62 bits per heavy atom. The number of nitrogens with zero attached hydrogens (tertiary/aromatic N) is 1. The van der Waals surface area contributed by atoms with Gasteiger partial charge in [0.15, 0.2) is 0 Å². The van der Waals surface area contributed by atoms with Crippen LogP contribution in [0.5, 0.6) is 5.75 Å². The minimum absolute atomic E-state index is 0.127. The first-order chi connectivity index (χ1) is 18.2. The van der Waals surface area contributed by atoms with Crippen molar-refractivity contribution in [2.75, 3.05) is 0 Å². The van der Waals surface area contributed by atoms with E-state index in [0.29, 0.717) is 29.7 Å². The fourth-order valence-electron chi connectivity index (χ4n) is 4.96. The molecule has 1 fully saturated rings. The average molecular weight is 511 g/mol. The zero-order valence-corrected chi connectivity index (χ0v) is 21.6. The summed E-state index contributed by atoms with van der Waals surface area (Å²) < 4.78 is 6.19. The van der Waals surface area contributed by atoms with Crippen molar-refractivity contribution in [3.8, 4) is 16.9 Å². The molecule has 4 aromatic rings. The van der Waals surface area contributed by atoms with Crippen LogP contribution in [-0.2, 0) is 13.2 Å². The zero-order chi connectivity index (χ0) is 25.5. The molecule has 0 bridgehead atoms. The summed E-state index contributed by atoms with van der Waals surface area (Å²) in [4.78, 5) is 17.0. The number of carbonyl (C=O) groups is 1. The Bertz CT molecular complexity index is 1320. The summed E-state index contributed by atoms with van der Waals surface area (Å²) in [5.74, 6) is 1.40. The summed E-state index contributed by atoms with van der Waals surface area (Å²) >= 11 is 6.14. The number of carbonyl (C=O) groups excluding carboxylic acids is 1. The molecule has 1 aliphatic carbocycles. The Kier molecular flexibility index (Phi) is 8.17. The van der Waals surface area contributed by atoms with Crippen LogP contribution in [0.3, 0.4) is 0 Å². The molecule has 3 aromatic carbocycles. The molecule has 0 unspecified atom stereocenters. The summed E-state index contributed by atoms with van der Waals surface area (Å²) in [7, 11) is 0. The molecule has 1 saturated carbocycles. The third-order valence-electron chi connectivity index (χ3n) is 7.08. The second-order valence-electron chi connectivity index (χ2n) is 9.61. The summed E-state index contributed by atoms with van der Waals surface area (Å²) in [5.41, 5.74) is 5.95. The van der Waals surface area contributed by atoms with E-state index in [1.807, 2.05) is 54.6 Å². The highest BCUT2D eigenvalue weighted by atomic mass is 35.5. The third kappa shape index (κ3) is 6.58. The second kappa shape index (κ2) is 12.1. The number of ether oxygens (including phenoxy) is 1. The molecule has 37 heavy (non-hydrogen) atoms. The number of nitrogens with one attached hydrogen (secondary N) is 1. The van der Waals surface area contributed by atoms with Crippen molar-refractivity contribution in [2.24, 2.45) is 0 Å². The van der Waals surface area contributed by atoms with Crippen LogP contribution in [0.1, 0.15) is 65.1 Å². The first-order valence-corrected chi connectivity index (χ1v) is 13.3. The highest BCUT2D eigenvalue weighted by Gasteiger charge is 2.16. The van der Waals surface area contributed by atoms with E-state index in [-0.39, 0.29) is 5.91 Å². The molecule has 0 aliphatic heterocycles. The number of aromatic nitrogens is 1. The van der Waals surface area contributed by atoms with Crippen molar-refractivity contribution in [2.45, 2.75) is 51.2 Å². The number of benzene rings is 3. The van der Waals surface area contributed by atoms with E-state index in [9.17, 15) is 4.79 Å². The van der Waals surface area contributed by atoms with E-state index >= 15 is 0 Å².